The highest BCUT2D eigenvalue weighted by Gasteiger charge is 2.21. The lowest BCUT2D eigenvalue weighted by Gasteiger charge is -2.21. The van der Waals surface area contributed by atoms with Crippen molar-refractivity contribution in [2.45, 2.75) is 26.4 Å². The number of rotatable bonds is 8. The number of nitrogens with one attached hydrogen (secondary N) is 1. The topological polar surface area (TPSA) is 75.7 Å². The van der Waals surface area contributed by atoms with E-state index in [0.29, 0.717) is 0 Å². The molecule has 0 saturated heterocycles. The molecule has 7 heteroatoms. The van der Waals surface area contributed by atoms with Crippen molar-refractivity contribution >= 4 is 15.9 Å². The van der Waals surface area contributed by atoms with Crippen molar-refractivity contribution in [1.29, 1.82) is 0 Å². The maximum absolute atomic E-state index is 12.4. The SMILES string of the molecule is COc1ccc(C(C)NC(=O)CN(Cc2ccc(C)cc2)S(C)(=O)=O)cc1. The Morgan fingerprint density at radius 1 is 1.11 bits per heavy atom. The molecule has 0 aliphatic heterocycles. The van der Waals surface area contributed by atoms with Crippen LogP contribution in [0.4, 0.5) is 0 Å². The first-order chi connectivity index (χ1) is 12.7. The molecule has 27 heavy (non-hydrogen) atoms. The number of sulfonamides is 1. The second kappa shape index (κ2) is 9.01. The van der Waals surface area contributed by atoms with Crippen molar-refractivity contribution < 1.29 is 17.9 Å². The molecular weight excluding hydrogens is 364 g/mol. The van der Waals surface area contributed by atoms with E-state index >= 15 is 0 Å². The van der Waals surface area contributed by atoms with E-state index in [1.54, 1.807) is 7.11 Å². The van der Waals surface area contributed by atoms with Gasteiger partial charge in [0.2, 0.25) is 15.9 Å². The summed E-state index contributed by atoms with van der Waals surface area (Å²) in [5.41, 5.74) is 2.84. The number of aryl methyl sites for hydroxylation is 1. The van der Waals surface area contributed by atoms with Gasteiger partial charge in [0.15, 0.2) is 0 Å². The molecule has 0 heterocycles. The Bertz CT molecular complexity index is 862. The lowest BCUT2D eigenvalue weighted by molar-refractivity contribution is -0.122. The molecule has 0 radical (unpaired) electrons. The molecule has 2 aromatic rings. The minimum absolute atomic E-state index is 0.156. The number of amides is 1. The van der Waals surface area contributed by atoms with Crippen molar-refractivity contribution in [3.05, 3.63) is 65.2 Å². The number of hydrogen-bond donors (Lipinski definition) is 1. The maximum Gasteiger partial charge on any atom is 0.235 e. The summed E-state index contributed by atoms with van der Waals surface area (Å²) in [7, 11) is -1.93. The van der Waals surface area contributed by atoms with Crippen molar-refractivity contribution in [2.75, 3.05) is 19.9 Å². The molecule has 0 aromatic heterocycles. The van der Waals surface area contributed by atoms with E-state index in [1.165, 1.54) is 4.31 Å². The van der Waals surface area contributed by atoms with E-state index in [9.17, 15) is 13.2 Å². The van der Waals surface area contributed by atoms with Gasteiger partial charge in [-0.3, -0.25) is 4.79 Å². The number of carbonyl (C=O) groups excluding carboxylic acids is 1. The zero-order valence-corrected chi connectivity index (χ0v) is 16.9. The fraction of sp³-hybridized carbons (Fsp3) is 0.350. The zero-order valence-electron chi connectivity index (χ0n) is 16.1. The molecule has 0 aliphatic carbocycles. The normalized spacial score (nSPS) is 12.6. The average Bonchev–Trinajstić information content (AvgIpc) is 2.62. The quantitative estimate of drug-likeness (QED) is 0.752. The van der Waals surface area contributed by atoms with Gasteiger partial charge >= 0.3 is 0 Å². The summed E-state index contributed by atoms with van der Waals surface area (Å²) >= 11 is 0. The van der Waals surface area contributed by atoms with Crippen LogP contribution in [-0.4, -0.2) is 38.5 Å². The molecule has 1 amide bonds. The highest BCUT2D eigenvalue weighted by Crippen LogP contribution is 2.17. The molecule has 6 nitrogen and oxygen atoms in total. The van der Waals surface area contributed by atoms with Gasteiger partial charge in [-0.2, -0.15) is 4.31 Å². The Balaban J connectivity index is 2.03. The fourth-order valence-electron chi connectivity index (χ4n) is 2.61. The van der Waals surface area contributed by atoms with Crippen LogP contribution in [0.15, 0.2) is 48.5 Å². The molecule has 1 N–H and O–H groups in total. The summed E-state index contributed by atoms with van der Waals surface area (Å²) in [6, 6.07) is 14.7. The van der Waals surface area contributed by atoms with Crippen molar-refractivity contribution in [1.82, 2.24) is 9.62 Å². The number of methoxy groups -OCH3 is 1. The second-order valence-corrected chi connectivity index (χ2v) is 8.56. The Morgan fingerprint density at radius 3 is 2.22 bits per heavy atom. The van der Waals surface area contributed by atoms with E-state index < -0.39 is 10.0 Å². The molecular formula is C20H26N2O4S. The first-order valence-electron chi connectivity index (χ1n) is 8.63. The predicted octanol–water partition coefficient (Wildman–Crippen LogP) is 2.64. The third-order valence-corrected chi connectivity index (χ3v) is 5.46. The summed E-state index contributed by atoms with van der Waals surface area (Å²) < 4.78 is 30.5. The Hall–Kier alpha value is -2.38. The van der Waals surface area contributed by atoms with Crippen LogP contribution in [0.25, 0.3) is 0 Å². The third-order valence-electron chi connectivity index (χ3n) is 4.26. The lowest BCUT2D eigenvalue weighted by atomic mass is 10.1. The summed E-state index contributed by atoms with van der Waals surface area (Å²) in [5.74, 6) is 0.384. The van der Waals surface area contributed by atoms with Gasteiger partial charge in [-0.25, -0.2) is 8.42 Å². The highest BCUT2D eigenvalue weighted by molar-refractivity contribution is 7.88. The number of benzene rings is 2. The molecule has 2 rings (SSSR count). The number of nitrogens with zero attached hydrogens (tertiary/aromatic N) is 1. The summed E-state index contributed by atoms with van der Waals surface area (Å²) in [4.78, 5) is 12.4. The Kier molecular flexibility index (Phi) is 6.98. The number of carbonyl (C=O) groups is 1. The van der Waals surface area contributed by atoms with E-state index in [1.807, 2.05) is 62.4 Å². The molecule has 0 spiro atoms. The molecule has 0 fully saturated rings. The fourth-order valence-corrected chi connectivity index (χ4v) is 3.35. The minimum Gasteiger partial charge on any atom is -0.497 e. The van der Waals surface area contributed by atoms with E-state index in [4.69, 9.17) is 4.74 Å². The first kappa shape index (κ1) is 20.9. The molecule has 1 atom stereocenters. The van der Waals surface area contributed by atoms with Crippen LogP contribution in [0.2, 0.25) is 0 Å². The van der Waals surface area contributed by atoms with Gasteiger partial charge in [-0.15, -0.1) is 0 Å². The Labute approximate surface area is 161 Å². The lowest BCUT2D eigenvalue weighted by Crippen LogP contribution is -2.40. The van der Waals surface area contributed by atoms with E-state index in [0.717, 1.165) is 28.7 Å². The van der Waals surface area contributed by atoms with Crippen LogP contribution in [0.5, 0.6) is 5.75 Å². The van der Waals surface area contributed by atoms with Gasteiger partial charge < -0.3 is 10.1 Å². The molecule has 0 bridgehead atoms. The number of ether oxygens (including phenoxy) is 1. The van der Waals surface area contributed by atoms with Gasteiger partial charge in [-0.1, -0.05) is 42.0 Å². The molecule has 146 valence electrons. The van der Waals surface area contributed by atoms with Crippen molar-refractivity contribution in [3.63, 3.8) is 0 Å². The van der Waals surface area contributed by atoms with Crippen LogP contribution in [-0.2, 0) is 21.4 Å². The van der Waals surface area contributed by atoms with Crippen molar-refractivity contribution in [3.8, 4) is 5.75 Å². The molecule has 0 aliphatic rings. The monoisotopic (exact) mass is 390 g/mol. The Morgan fingerprint density at radius 2 is 1.70 bits per heavy atom. The second-order valence-electron chi connectivity index (χ2n) is 6.58. The van der Waals surface area contributed by atoms with Crippen LogP contribution in [0, 0.1) is 6.92 Å². The van der Waals surface area contributed by atoms with Gasteiger partial charge in [0, 0.05) is 6.54 Å². The van der Waals surface area contributed by atoms with Crippen molar-refractivity contribution in [2.24, 2.45) is 0 Å². The smallest absolute Gasteiger partial charge is 0.235 e. The average molecular weight is 391 g/mol. The van der Waals surface area contributed by atoms with Crippen LogP contribution in [0.3, 0.4) is 0 Å². The summed E-state index contributed by atoms with van der Waals surface area (Å²) in [5, 5.41) is 2.85. The predicted molar refractivity (Wildman–Crippen MR) is 106 cm³/mol. The summed E-state index contributed by atoms with van der Waals surface area (Å²) in [6.45, 7) is 3.74. The first-order valence-corrected chi connectivity index (χ1v) is 10.5. The minimum atomic E-state index is -3.52. The third kappa shape index (κ3) is 6.37. The van der Waals surface area contributed by atoms with E-state index in [2.05, 4.69) is 5.32 Å². The van der Waals surface area contributed by atoms with E-state index in [-0.39, 0.29) is 25.0 Å². The highest BCUT2D eigenvalue weighted by atomic mass is 32.2. The molecule has 0 saturated carbocycles. The van der Waals surface area contributed by atoms with Crippen LogP contribution >= 0.6 is 0 Å². The van der Waals surface area contributed by atoms with Crippen LogP contribution in [0.1, 0.15) is 29.7 Å². The summed E-state index contributed by atoms with van der Waals surface area (Å²) in [6.07, 6.45) is 1.11. The van der Waals surface area contributed by atoms with Crippen LogP contribution < -0.4 is 10.1 Å². The largest absolute Gasteiger partial charge is 0.497 e. The van der Waals surface area contributed by atoms with Gasteiger partial charge in [0.05, 0.1) is 26.0 Å². The zero-order chi connectivity index (χ0) is 20.0. The molecule has 2 aromatic carbocycles. The van der Waals surface area contributed by atoms with Gasteiger partial charge in [0.1, 0.15) is 5.75 Å². The maximum atomic E-state index is 12.4. The number of hydrogen-bond acceptors (Lipinski definition) is 4. The molecule has 1 unspecified atom stereocenters. The van der Waals surface area contributed by atoms with Gasteiger partial charge in [0.25, 0.3) is 0 Å². The standard InChI is InChI=1S/C20H26N2O4S/c1-15-5-7-17(8-6-15)13-22(27(4,24)25)14-20(23)21-16(2)18-9-11-19(26-3)12-10-18/h5-12,16H,13-14H2,1-4H3,(H,21,23). The van der Waals surface area contributed by atoms with Gasteiger partial charge in [-0.05, 0) is 37.1 Å².